The van der Waals surface area contributed by atoms with E-state index in [2.05, 4.69) is 20.6 Å². The molecule has 0 spiro atoms. The zero-order valence-electron chi connectivity index (χ0n) is 15.5. The number of carboxylic acids is 1. The van der Waals surface area contributed by atoms with Crippen molar-refractivity contribution in [1.82, 2.24) is 9.97 Å². The van der Waals surface area contributed by atoms with Gasteiger partial charge in [0.05, 0.1) is 0 Å². The Morgan fingerprint density at radius 2 is 1.69 bits per heavy atom. The third-order valence-corrected chi connectivity index (χ3v) is 4.09. The Balaban J connectivity index is 1.74. The van der Waals surface area contributed by atoms with Gasteiger partial charge in [-0.25, -0.2) is 14.2 Å². The number of aromatic carboxylic acids is 1. The third-order valence-electron chi connectivity index (χ3n) is 4.09. The number of benzene rings is 2. The van der Waals surface area contributed by atoms with Crippen LogP contribution in [0.25, 0.3) is 0 Å². The lowest BCUT2D eigenvalue weighted by Gasteiger charge is -2.11. The number of halogens is 1. The molecule has 4 N–H and O–H groups in total. The molecule has 3 rings (SSSR count). The van der Waals surface area contributed by atoms with Gasteiger partial charge in [-0.15, -0.1) is 0 Å². The summed E-state index contributed by atoms with van der Waals surface area (Å²) in [6.45, 7) is 3.28. The summed E-state index contributed by atoms with van der Waals surface area (Å²) >= 11 is 0. The summed E-state index contributed by atoms with van der Waals surface area (Å²) in [6.07, 6.45) is 0. The van der Waals surface area contributed by atoms with E-state index in [1.165, 1.54) is 24.3 Å². The molecule has 2 aromatic carbocycles. The Kier molecular flexibility index (Phi) is 5.40. The largest absolute Gasteiger partial charge is 0.476 e. The van der Waals surface area contributed by atoms with Crippen LogP contribution >= 0.6 is 0 Å². The van der Waals surface area contributed by atoms with Crippen LogP contribution < -0.4 is 10.6 Å². The molecule has 0 bridgehead atoms. The molecule has 0 aliphatic heterocycles. The summed E-state index contributed by atoms with van der Waals surface area (Å²) in [6, 6.07) is 9.94. The maximum Gasteiger partial charge on any atom is 0.356 e. The Hall–Kier alpha value is -4.01. The van der Waals surface area contributed by atoms with Crippen molar-refractivity contribution in [3.05, 3.63) is 76.6 Å². The number of imidazole rings is 1. The molecule has 0 saturated carbocycles. The molecule has 0 radical (unpaired) electrons. The smallest absolute Gasteiger partial charge is 0.356 e. The average Bonchev–Trinajstić information content (AvgIpc) is 3.07. The van der Waals surface area contributed by atoms with Crippen LogP contribution in [0.3, 0.4) is 0 Å². The Morgan fingerprint density at radius 1 is 1.00 bits per heavy atom. The molecular weight excluding hydrogens is 379 g/mol. The highest BCUT2D eigenvalue weighted by molar-refractivity contribution is 6.09. The molecule has 1 aromatic heterocycles. The van der Waals surface area contributed by atoms with Crippen LogP contribution in [0, 0.1) is 19.7 Å². The highest BCUT2D eigenvalue weighted by Crippen LogP contribution is 2.21. The molecule has 0 aliphatic rings. The van der Waals surface area contributed by atoms with E-state index in [4.69, 9.17) is 5.11 Å². The van der Waals surface area contributed by atoms with Crippen molar-refractivity contribution in [2.24, 2.45) is 0 Å². The van der Waals surface area contributed by atoms with Gasteiger partial charge in [0.2, 0.25) is 0 Å². The van der Waals surface area contributed by atoms with Gasteiger partial charge in [0.25, 0.3) is 11.8 Å². The molecule has 1 heterocycles. The standard InChI is InChI=1S/C20H17FN4O4/c1-10-9-14(24-19(27)16-17(20(28)29)23-11(2)22-16)7-8-15(10)25-18(26)12-3-5-13(21)6-4-12/h3-9H,1-2H3,(H,22,23)(H,24,27)(H,25,26)(H,28,29). The lowest BCUT2D eigenvalue weighted by Crippen LogP contribution is -2.17. The summed E-state index contributed by atoms with van der Waals surface area (Å²) in [5.41, 5.74) is 1.38. The maximum absolute atomic E-state index is 13.0. The van der Waals surface area contributed by atoms with E-state index >= 15 is 0 Å². The Bertz CT molecular complexity index is 1110. The lowest BCUT2D eigenvalue weighted by molar-refractivity contribution is 0.0686. The zero-order chi connectivity index (χ0) is 21.1. The van der Waals surface area contributed by atoms with Gasteiger partial charge in [-0.1, -0.05) is 0 Å². The highest BCUT2D eigenvalue weighted by Gasteiger charge is 2.21. The van der Waals surface area contributed by atoms with Crippen LogP contribution in [0.1, 0.15) is 42.7 Å². The Morgan fingerprint density at radius 3 is 2.31 bits per heavy atom. The summed E-state index contributed by atoms with van der Waals surface area (Å²) < 4.78 is 13.0. The summed E-state index contributed by atoms with van der Waals surface area (Å²) in [4.78, 5) is 42.3. The van der Waals surface area contributed by atoms with E-state index in [0.717, 1.165) is 0 Å². The second-order valence-corrected chi connectivity index (χ2v) is 6.30. The molecule has 3 aromatic rings. The van der Waals surface area contributed by atoms with E-state index in [1.807, 2.05) is 0 Å². The minimum Gasteiger partial charge on any atom is -0.476 e. The number of anilines is 2. The van der Waals surface area contributed by atoms with Gasteiger partial charge in [0.15, 0.2) is 5.69 Å². The number of nitrogens with zero attached hydrogens (tertiary/aromatic N) is 1. The first-order valence-electron chi connectivity index (χ1n) is 8.53. The van der Waals surface area contributed by atoms with Crippen molar-refractivity contribution in [1.29, 1.82) is 0 Å². The van der Waals surface area contributed by atoms with Crippen LogP contribution in [0.5, 0.6) is 0 Å². The van der Waals surface area contributed by atoms with Gasteiger partial charge in [-0.2, -0.15) is 0 Å². The number of nitrogens with one attached hydrogen (secondary N) is 3. The highest BCUT2D eigenvalue weighted by atomic mass is 19.1. The molecular formula is C20H17FN4O4. The topological polar surface area (TPSA) is 124 Å². The van der Waals surface area contributed by atoms with Gasteiger partial charge in [0, 0.05) is 16.9 Å². The van der Waals surface area contributed by atoms with E-state index in [-0.39, 0.29) is 11.4 Å². The first kappa shape index (κ1) is 19.7. The molecule has 0 saturated heterocycles. The second-order valence-electron chi connectivity index (χ2n) is 6.30. The van der Waals surface area contributed by atoms with Crippen LogP contribution in [-0.4, -0.2) is 32.9 Å². The Labute approximate surface area is 164 Å². The number of aromatic nitrogens is 2. The normalized spacial score (nSPS) is 10.4. The van der Waals surface area contributed by atoms with Gasteiger partial charge in [-0.05, 0) is 61.9 Å². The predicted octanol–water partition coefficient (Wildman–Crippen LogP) is 3.37. The van der Waals surface area contributed by atoms with Gasteiger partial charge in [0.1, 0.15) is 17.3 Å². The number of rotatable bonds is 5. The zero-order valence-corrected chi connectivity index (χ0v) is 15.5. The monoisotopic (exact) mass is 396 g/mol. The van der Waals surface area contributed by atoms with Crippen molar-refractivity contribution >= 4 is 29.2 Å². The third kappa shape index (κ3) is 4.46. The van der Waals surface area contributed by atoms with E-state index in [0.29, 0.717) is 28.3 Å². The van der Waals surface area contributed by atoms with E-state index in [9.17, 15) is 18.8 Å². The molecule has 0 unspecified atom stereocenters. The van der Waals surface area contributed by atoms with Crippen LogP contribution in [-0.2, 0) is 0 Å². The van der Waals surface area contributed by atoms with Gasteiger partial charge < -0.3 is 20.7 Å². The number of carbonyl (C=O) groups is 3. The summed E-state index contributed by atoms with van der Waals surface area (Å²) in [7, 11) is 0. The molecule has 2 amide bonds. The first-order valence-corrected chi connectivity index (χ1v) is 8.53. The molecule has 9 heteroatoms. The van der Waals surface area contributed by atoms with Crippen LogP contribution in [0.2, 0.25) is 0 Å². The molecule has 148 valence electrons. The van der Waals surface area contributed by atoms with Gasteiger partial charge >= 0.3 is 5.97 Å². The minimum absolute atomic E-state index is 0.152. The number of H-pyrrole nitrogens is 1. The quantitative estimate of drug-likeness (QED) is 0.526. The fourth-order valence-corrected chi connectivity index (χ4v) is 2.68. The van der Waals surface area contributed by atoms with E-state index in [1.54, 1.807) is 32.0 Å². The number of amides is 2. The summed E-state index contributed by atoms with van der Waals surface area (Å²) in [5.74, 6) is -2.48. The van der Waals surface area contributed by atoms with Crippen molar-refractivity contribution in [2.45, 2.75) is 13.8 Å². The lowest BCUT2D eigenvalue weighted by atomic mass is 10.1. The number of carbonyl (C=O) groups excluding carboxylic acids is 2. The molecule has 8 nitrogen and oxygen atoms in total. The van der Waals surface area contributed by atoms with Crippen molar-refractivity contribution in [3.63, 3.8) is 0 Å². The first-order chi connectivity index (χ1) is 13.7. The SMILES string of the molecule is Cc1nc(C(=O)O)c(C(=O)Nc2ccc(NC(=O)c3ccc(F)cc3)c(C)c2)[nH]1. The van der Waals surface area contributed by atoms with Crippen molar-refractivity contribution < 1.29 is 23.9 Å². The van der Waals surface area contributed by atoms with E-state index < -0.39 is 23.6 Å². The van der Waals surface area contributed by atoms with Crippen molar-refractivity contribution in [2.75, 3.05) is 10.6 Å². The molecule has 29 heavy (non-hydrogen) atoms. The number of hydrogen-bond acceptors (Lipinski definition) is 4. The van der Waals surface area contributed by atoms with Crippen LogP contribution in [0.4, 0.5) is 15.8 Å². The average molecular weight is 396 g/mol. The van der Waals surface area contributed by atoms with Crippen molar-refractivity contribution in [3.8, 4) is 0 Å². The maximum atomic E-state index is 13.0. The predicted molar refractivity (Wildman–Crippen MR) is 104 cm³/mol. The number of aryl methyl sites for hydroxylation is 2. The summed E-state index contributed by atoms with van der Waals surface area (Å²) in [5, 5.41) is 14.5. The van der Waals surface area contributed by atoms with Crippen LogP contribution in [0.15, 0.2) is 42.5 Å². The fraction of sp³-hybridized carbons (Fsp3) is 0.100. The fourth-order valence-electron chi connectivity index (χ4n) is 2.68. The second kappa shape index (κ2) is 7.93. The number of hydrogen-bond donors (Lipinski definition) is 4. The molecule has 0 aliphatic carbocycles. The number of aromatic amines is 1. The molecule has 0 fully saturated rings. The number of carboxylic acid groups (broad SMARTS) is 1. The molecule has 0 atom stereocenters. The van der Waals surface area contributed by atoms with Gasteiger partial charge in [-0.3, -0.25) is 9.59 Å². The minimum atomic E-state index is -1.31.